The quantitative estimate of drug-likeness (QED) is 0.352. The van der Waals surface area contributed by atoms with E-state index in [4.69, 9.17) is 9.84 Å². The van der Waals surface area contributed by atoms with E-state index in [2.05, 4.69) is 24.5 Å². The summed E-state index contributed by atoms with van der Waals surface area (Å²) in [6.07, 6.45) is 1.46. The van der Waals surface area contributed by atoms with Crippen molar-refractivity contribution in [3.05, 3.63) is 0 Å². The van der Waals surface area contributed by atoms with Crippen LogP contribution in [0, 0.1) is 5.92 Å². The Morgan fingerprint density at radius 2 is 1.44 bits per heavy atom. The summed E-state index contributed by atoms with van der Waals surface area (Å²) in [4.78, 5) is 62.6. The highest BCUT2D eigenvalue weighted by Crippen LogP contribution is 2.29. The van der Waals surface area contributed by atoms with Gasteiger partial charge in [0.15, 0.2) is 0 Å². The zero-order valence-electron chi connectivity index (χ0n) is 25.4. The van der Waals surface area contributed by atoms with Gasteiger partial charge in [0.1, 0.15) is 17.7 Å². The largest absolute Gasteiger partial charge is 0.475 e. The molecule has 1 aliphatic carbocycles. The van der Waals surface area contributed by atoms with E-state index in [0.717, 1.165) is 39.0 Å². The molecule has 1 aliphatic heterocycles. The number of amides is 3. The first-order valence-electron chi connectivity index (χ1n) is 14.3. The maximum atomic E-state index is 13.5. The van der Waals surface area contributed by atoms with Gasteiger partial charge in [0.05, 0.1) is 6.04 Å². The Morgan fingerprint density at radius 1 is 0.927 bits per heavy atom. The summed E-state index contributed by atoms with van der Waals surface area (Å²) >= 11 is 0. The summed E-state index contributed by atoms with van der Waals surface area (Å²) in [5.74, 6) is -3.73. The summed E-state index contributed by atoms with van der Waals surface area (Å²) in [5, 5.41) is 14.0. The standard InChI is InChI=1S/C22H35N3O7.C3H5F3.C3H8/c1-13(17(26)20(29)30)23-18(27)15-11-8-12-25(15)19(28)16(14-9-6-5-7-10-14)24-21(31)32-22(2,3)4;1-2-3(4,5)6;1-3-2/h13-16H,5-12H2,1-4H3,(H,23,27)(H,24,31)(H,29,30);2H2,1H3;3H2,1-2H3. The molecule has 10 nitrogen and oxygen atoms in total. The van der Waals surface area contributed by atoms with Gasteiger partial charge in [-0.25, -0.2) is 9.59 Å². The number of carbonyl (C=O) groups is 5. The van der Waals surface area contributed by atoms with E-state index in [1.165, 1.54) is 18.2 Å². The van der Waals surface area contributed by atoms with Crippen molar-refractivity contribution in [2.24, 2.45) is 5.92 Å². The Labute approximate surface area is 241 Å². The zero-order valence-corrected chi connectivity index (χ0v) is 25.4. The minimum absolute atomic E-state index is 0.0550. The van der Waals surface area contributed by atoms with Gasteiger partial charge in [0.25, 0.3) is 5.78 Å². The molecule has 13 heteroatoms. The molecule has 2 fully saturated rings. The third kappa shape index (κ3) is 15.1. The fourth-order valence-corrected chi connectivity index (χ4v) is 4.33. The third-order valence-corrected chi connectivity index (χ3v) is 6.26. The molecule has 0 spiro atoms. The number of hydrogen-bond acceptors (Lipinski definition) is 6. The Hall–Kier alpha value is -2.86. The van der Waals surface area contributed by atoms with Crippen LogP contribution in [-0.4, -0.2) is 76.1 Å². The average Bonchev–Trinajstić information content (AvgIpc) is 3.36. The first kappa shape index (κ1) is 38.1. The lowest BCUT2D eigenvalue weighted by molar-refractivity contribution is -0.150. The van der Waals surface area contributed by atoms with Gasteiger partial charge < -0.3 is 25.4 Å². The number of ketones is 1. The van der Waals surface area contributed by atoms with Gasteiger partial charge in [0.2, 0.25) is 11.8 Å². The molecular weight excluding hydrogens is 547 g/mol. The Kier molecular flexibility index (Phi) is 16.6. The second kappa shape index (κ2) is 17.8. The molecule has 1 saturated carbocycles. The van der Waals surface area contributed by atoms with E-state index >= 15 is 0 Å². The smallest absolute Gasteiger partial charge is 0.408 e. The number of halogens is 3. The minimum Gasteiger partial charge on any atom is -0.475 e. The van der Waals surface area contributed by atoms with Gasteiger partial charge in [-0.2, -0.15) is 13.2 Å². The lowest BCUT2D eigenvalue weighted by Gasteiger charge is -2.35. The first-order valence-corrected chi connectivity index (χ1v) is 14.3. The van der Waals surface area contributed by atoms with Gasteiger partial charge in [-0.05, 0) is 59.3 Å². The normalized spacial score (nSPS) is 18.9. The van der Waals surface area contributed by atoms with Crippen LogP contribution in [0.2, 0.25) is 0 Å². The number of carbonyl (C=O) groups excluding carboxylic acids is 4. The molecule has 1 heterocycles. The number of nitrogens with one attached hydrogen (secondary N) is 2. The molecule has 0 aromatic rings. The summed E-state index contributed by atoms with van der Waals surface area (Å²) < 4.78 is 37.7. The Morgan fingerprint density at radius 3 is 1.88 bits per heavy atom. The van der Waals surface area contributed by atoms with Crippen molar-refractivity contribution >= 4 is 29.7 Å². The molecule has 238 valence electrons. The van der Waals surface area contributed by atoms with Crippen molar-refractivity contribution in [2.45, 2.75) is 136 Å². The Balaban J connectivity index is 0.00000154. The van der Waals surface area contributed by atoms with E-state index in [-0.39, 0.29) is 11.8 Å². The molecule has 3 N–H and O–H groups in total. The highest BCUT2D eigenvalue weighted by atomic mass is 19.4. The highest BCUT2D eigenvalue weighted by Gasteiger charge is 2.41. The second-order valence-corrected chi connectivity index (χ2v) is 11.3. The molecule has 3 atom stereocenters. The summed E-state index contributed by atoms with van der Waals surface area (Å²) in [6.45, 7) is 12.2. The van der Waals surface area contributed by atoms with Crippen molar-refractivity contribution in [1.82, 2.24) is 15.5 Å². The van der Waals surface area contributed by atoms with Crippen molar-refractivity contribution < 1.29 is 47.0 Å². The van der Waals surface area contributed by atoms with Crippen LogP contribution in [0.5, 0.6) is 0 Å². The number of Topliss-reactive ketones (excluding diaryl/α,β-unsaturated/α-hetero) is 1. The molecule has 3 amide bonds. The number of alkyl halides is 3. The number of ether oxygens (including phenoxy) is 1. The number of rotatable bonds is 7. The number of nitrogens with zero attached hydrogens (tertiary/aromatic N) is 1. The van der Waals surface area contributed by atoms with Crippen molar-refractivity contribution in [1.29, 1.82) is 0 Å². The first-order chi connectivity index (χ1) is 18.9. The molecule has 0 aromatic carbocycles. The number of likely N-dealkylation sites (tertiary alicyclic amines) is 1. The summed E-state index contributed by atoms with van der Waals surface area (Å²) in [5.41, 5.74) is -0.715. The monoisotopic (exact) mass is 595 g/mol. The van der Waals surface area contributed by atoms with Gasteiger partial charge in [0, 0.05) is 13.0 Å². The van der Waals surface area contributed by atoms with E-state index in [0.29, 0.717) is 19.4 Å². The lowest BCUT2D eigenvalue weighted by atomic mass is 9.83. The van der Waals surface area contributed by atoms with E-state index in [1.54, 1.807) is 20.8 Å². The van der Waals surface area contributed by atoms with Crippen molar-refractivity contribution in [3.8, 4) is 0 Å². The molecule has 0 radical (unpaired) electrons. The van der Waals surface area contributed by atoms with Crippen LogP contribution in [0.1, 0.15) is 106 Å². The number of hydrogen-bond donors (Lipinski definition) is 3. The molecule has 2 rings (SSSR count). The maximum absolute atomic E-state index is 13.5. The number of alkyl carbamates (subject to hydrolysis) is 1. The Bertz CT molecular complexity index is 869. The van der Waals surface area contributed by atoms with Crippen molar-refractivity contribution in [3.63, 3.8) is 0 Å². The van der Waals surface area contributed by atoms with Gasteiger partial charge >= 0.3 is 18.2 Å². The van der Waals surface area contributed by atoms with Crippen LogP contribution in [0.15, 0.2) is 0 Å². The fraction of sp³-hybridized carbons (Fsp3) is 0.821. The zero-order chi connectivity index (χ0) is 32.0. The van der Waals surface area contributed by atoms with Crippen LogP contribution < -0.4 is 10.6 Å². The SMILES string of the molecule is CC(NC(=O)C1CCCN1C(=O)C(NC(=O)OC(C)(C)C)C1CCCCC1)C(=O)C(=O)O.CCC.CCC(F)(F)F. The number of carboxylic acid groups (broad SMARTS) is 1. The number of carboxylic acids is 1. The van der Waals surface area contributed by atoms with E-state index in [1.807, 2.05) is 0 Å². The molecule has 1 saturated heterocycles. The van der Waals surface area contributed by atoms with Gasteiger partial charge in [-0.1, -0.05) is 46.5 Å². The third-order valence-electron chi connectivity index (χ3n) is 6.26. The topological polar surface area (TPSA) is 142 Å². The second-order valence-electron chi connectivity index (χ2n) is 11.3. The van der Waals surface area contributed by atoms with Gasteiger partial charge in [-0.3, -0.25) is 14.4 Å². The highest BCUT2D eigenvalue weighted by molar-refractivity contribution is 6.35. The van der Waals surface area contributed by atoms with Gasteiger partial charge in [-0.15, -0.1) is 0 Å². The van der Waals surface area contributed by atoms with Crippen LogP contribution in [0.3, 0.4) is 0 Å². The minimum atomic E-state index is -3.96. The van der Waals surface area contributed by atoms with Crippen LogP contribution in [0.25, 0.3) is 0 Å². The average molecular weight is 596 g/mol. The van der Waals surface area contributed by atoms with E-state index < -0.39 is 60.1 Å². The molecule has 2 aliphatic rings. The molecule has 0 bridgehead atoms. The van der Waals surface area contributed by atoms with Crippen LogP contribution in [0.4, 0.5) is 18.0 Å². The molecule has 0 aromatic heterocycles. The molecular formula is C28H48F3N3O7. The predicted molar refractivity (Wildman–Crippen MR) is 147 cm³/mol. The molecule has 41 heavy (non-hydrogen) atoms. The lowest BCUT2D eigenvalue weighted by Crippen LogP contribution is -2.57. The molecule has 3 unspecified atom stereocenters. The number of aliphatic carboxylic acids is 1. The predicted octanol–water partition coefficient (Wildman–Crippen LogP) is 4.98. The van der Waals surface area contributed by atoms with Crippen LogP contribution in [-0.2, 0) is 23.9 Å². The van der Waals surface area contributed by atoms with Crippen molar-refractivity contribution in [2.75, 3.05) is 6.54 Å². The summed E-state index contributed by atoms with van der Waals surface area (Å²) in [6, 6.07) is -2.83. The summed E-state index contributed by atoms with van der Waals surface area (Å²) in [7, 11) is 0. The van der Waals surface area contributed by atoms with E-state index in [9.17, 15) is 37.1 Å². The maximum Gasteiger partial charge on any atom is 0.408 e. The van der Waals surface area contributed by atoms with Crippen LogP contribution >= 0.6 is 0 Å². The fourth-order valence-electron chi connectivity index (χ4n) is 4.33.